The predicted octanol–water partition coefficient (Wildman–Crippen LogP) is 2.61. The fourth-order valence-corrected chi connectivity index (χ4v) is 5.42. The van der Waals surface area contributed by atoms with Crippen LogP contribution in [0.4, 0.5) is 5.69 Å². The van der Waals surface area contributed by atoms with Gasteiger partial charge in [0.2, 0.25) is 5.91 Å². The molecule has 1 saturated heterocycles. The van der Waals surface area contributed by atoms with Crippen molar-refractivity contribution >= 4 is 33.2 Å². The zero-order valence-electron chi connectivity index (χ0n) is 20.0. The Balaban J connectivity index is 1.70. The third-order valence-electron chi connectivity index (χ3n) is 5.89. The minimum atomic E-state index is -4.00. The van der Waals surface area contributed by atoms with Gasteiger partial charge >= 0.3 is 0 Å². The van der Waals surface area contributed by atoms with Gasteiger partial charge in [0.15, 0.2) is 0 Å². The molecule has 3 rings (SSSR count). The van der Waals surface area contributed by atoms with Crippen molar-refractivity contribution in [3.05, 3.63) is 53.1 Å². The van der Waals surface area contributed by atoms with Gasteiger partial charge in [0.05, 0.1) is 22.7 Å². The van der Waals surface area contributed by atoms with Crippen LogP contribution in [0.15, 0.2) is 47.4 Å². The van der Waals surface area contributed by atoms with Crippen molar-refractivity contribution in [3.8, 4) is 5.75 Å². The van der Waals surface area contributed by atoms with Gasteiger partial charge in [-0.1, -0.05) is 29.3 Å². The number of rotatable bonds is 10. The molecule has 2 aromatic rings. The summed E-state index contributed by atoms with van der Waals surface area (Å²) in [5.74, 6) is 0.0486. The highest BCUT2D eigenvalue weighted by molar-refractivity contribution is 7.92. The number of amides is 1. The number of piperazine rings is 1. The van der Waals surface area contributed by atoms with E-state index in [1.165, 1.54) is 25.3 Å². The summed E-state index contributed by atoms with van der Waals surface area (Å²) in [6.07, 6.45) is 0.800. The first kappa shape index (κ1) is 26.3. The summed E-state index contributed by atoms with van der Waals surface area (Å²) in [5.41, 5.74) is 1.23. The molecule has 0 aliphatic carbocycles. The number of halogens is 1. The number of methoxy groups -OCH3 is 1. The zero-order chi connectivity index (χ0) is 24.7. The Kier molecular flexibility index (Phi) is 9.18. The van der Waals surface area contributed by atoms with E-state index in [9.17, 15) is 13.2 Å². The molecule has 0 saturated carbocycles. The SMILES string of the molecule is COc1ccc(N(CC(=O)NCCCN2CCN(C)CC2)S(=O)(=O)c2ccc(C)cc2)cc1Cl. The standard InChI is InChI=1S/C24H33ClN4O4S/c1-19-5-8-21(9-6-19)34(31,32)29(20-7-10-23(33-3)22(25)17-20)18-24(30)26-11-4-12-28-15-13-27(2)14-16-28/h5-10,17H,4,11-16,18H2,1-3H3,(H,26,30). The largest absolute Gasteiger partial charge is 0.495 e. The second-order valence-electron chi connectivity index (χ2n) is 8.49. The topological polar surface area (TPSA) is 82.2 Å². The molecule has 186 valence electrons. The maximum absolute atomic E-state index is 13.5. The Morgan fingerprint density at radius 1 is 1.12 bits per heavy atom. The molecular weight excluding hydrogens is 476 g/mol. The van der Waals surface area contributed by atoms with Crippen LogP contribution in [-0.4, -0.2) is 84.1 Å². The molecule has 0 radical (unpaired) electrons. The average Bonchev–Trinajstić information content (AvgIpc) is 2.81. The Morgan fingerprint density at radius 2 is 1.79 bits per heavy atom. The van der Waals surface area contributed by atoms with Crippen LogP contribution in [0, 0.1) is 6.92 Å². The van der Waals surface area contributed by atoms with E-state index in [-0.39, 0.29) is 22.4 Å². The van der Waals surface area contributed by atoms with E-state index >= 15 is 0 Å². The number of hydrogen-bond donors (Lipinski definition) is 1. The van der Waals surface area contributed by atoms with Crippen molar-refractivity contribution in [1.29, 1.82) is 0 Å². The summed E-state index contributed by atoms with van der Waals surface area (Å²) in [5, 5.41) is 3.12. The summed E-state index contributed by atoms with van der Waals surface area (Å²) < 4.78 is 33.2. The van der Waals surface area contributed by atoms with E-state index in [1.54, 1.807) is 24.3 Å². The van der Waals surface area contributed by atoms with Gasteiger partial charge < -0.3 is 19.9 Å². The summed E-state index contributed by atoms with van der Waals surface area (Å²) in [4.78, 5) is 17.5. The lowest BCUT2D eigenvalue weighted by Crippen LogP contribution is -2.45. The molecule has 1 aliphatic rings. The fraction of sp³-hybridized carbons (Fsp3) is 0.458. The Morgan fingerprint density at radius 3 is 2.41 bits per heavy atom. The molecule has 2 aromatic carbocycles. The second-order valence-corrected chi connectivity index (χ2v) is 10.8. The average molecular weight is 509 g/mol. The maximum atomic E-state index is 13.5. The quantitative estimate of drug-likeness (QED) is 0.497. The van der Waals surface area contributed by atoms with Crippen LogP contribution in [0.5, 0.6) is 5.75 Å². The fourth-order valence-electron chi connectivity index (χ4n) is 3.75. The van der Waals surface area contributed by atoms with Crippen molar-refractivity contribution in [2.75, 3.05) is 64.3 Å². The van der Waals surface area contributed by atoms with E-state index in [0.717, 1.165) is 49.0 Å². The van der Waals surface area contributed by atoms with Crippen molar-refractivity contribution < 1.29 is 17.9 Å². The van der Waals surface area contributed by atoms with E-state index in [4.69, 9.17) is 16.3 Å². The molecule has 1 fully saturated rings. The van der Waals surface area contributed by atoms with Gasteiger partial charge in [0, 0.05) is 32.7 Å². The molecule has 0 spiro atoms. The van der Waals surface area contributed by atoms with E-state index in [0.29, 0.717) is 18.0 Å². The van der Waals surface area contributed by atoms with Crippen LogP contribution >= 0.6 is 11.6 Å². The number of carbonyl (C=O) groups is 1. The number of aryl methyl sites for hydroxylation is 1. The highest BCUT2D eigenvalue weighted by Crippen LogP contribution is 2.31. The van der Waals surface area contributed by atoms with Gasteiger partial charge in [-0.3, -0.25) is 9.10 Å². The first-order chi connectivity index (χ1) is 16.2. The van der Waals surface area contributed by atoms with Gasteiger partial charge in [-0.2, -0.15) is 0 Å². The smallest absolute Gasteiger partial charge is 0.264 e. The molecule has 10 heteroatoms. The third-order valence-corrected chi connectivity index (χ3v) is 7.97. The van der Waals surface area contributed by atoms with Gasteiger partial charge in [-0.05, 0) is 57.3 Å². The van der Waals surface area contributed by atoms with Crippen molar-refractivity contribution in [3.63, 3.8) is 0 Å². The van der Waals surface area contributed by atoms with Gasteiger partial charge in [0.25, 0.3) is 10.0 Å². The number of nitrogens with one attached hydrogen (secondary N) is 1. The molecule has 0 aromatic heterocycles. The molecule has 0 unspecified atom stereocenters. The molecule has 0 atom stereocenters. The first-order valence-electron chi connectivity index (χ1n) is 11.3. The third kappa shape index (κ3) is 6.85. The van der Waals surface area contributed by atoms with E-state index in [2.05, 4.69) is 22.2 Å². The lowest BCUT2D eigenvalue weighted by Gasteiger charge is -2.32. The van der Waals surface area contributed by atoms with Crippen molar-refractivity contribution in [2.24, 2.45) is 0 Å². The molecule has 1 aliphatic heterocycles. The number of hydrogen-bond acceptors (Lipinski definition) is 6. The van der Waals surface area contributed by atoms with Crippen molar-refractivity contribution in [2.45, 2.75) is 18.2 Å². The molecule has 34 heavy (non-hydrogen) atoms. The molecule has 1 amide bonds. The number of ether oxygens (including phenoxy) is 1. The van der Waals surface area contributed by atoms with Gasteiger partial charge in [0.1, 0.15) is 12.3 Å². The summed E-state index contributed by atoms with van der Waals surface area (Å²) in [7, 11) is -0.397. The molecule has 1 heterocycles. The van der Waals surface area contributed by atoms with Crippen LogP contribution < -0.4 is 14.4 Å². The number of nitrogens with zero attached hydrogens (tertiary/aromatic N) is 3. The number of likely N-dealkylation sites (N-methyl/N-ethyl adjacent to an activating group) is 1. The zero-order valence-corrected chi connectivity index (χ0v) is 21.5. The number of carbonyl (C=O) groups excluding carboxylic acids is 1. The first-order valence-corrected chi connectivity index (χ1v) is 13.1. The minimum Gasteiger partial charge on any atom is -0.495 e. The minimum absolute atomic E-state index is 0.105. The lowest BCUT2D eigenvalue weighted by atomic mass is 10.2. The Bertz CT molecular complexity index is 1070. The Hall–Kier alpha value is -2.33. The maximum Gasteiger partial charge on any atom is 0.264 e. The van der Waals surface area contributed by atoms with E-state index in [1.807, 2.05) is 6.92 Å². The number of anilines is 1. The van der Waals surface area contributed by atoms with Crippen LogP contribution in [0.1, 0.15) is 12.0 Å². The monoisotopic (exact) mass is 508 g/mol. The van der Waals surface area contributed by atoms with Gasteiger partial charge in [-0.15, -0.1) is 0 Å². The number of sulfonamides is 1. The molecular formula is C24H33ClN4O4S. The highest BCUT2D eigenvalue weighted by Gasteiger charge is 2.28. The highest BCUT2D eigenvalue weighted by atomic mass is 35.5. The van der Waals surface area contributed by atoms with Crippen LogP contribution in [0.2, 0.25) is 5.02 Å². The molecule has 1 N–H and O–H groups in total. The van der Waals surface area contributed by atoms with Crippen LogP contribution in [0.3, 0.4) is 0 Å². The normalized spacial score (nSPS) is 15.2. The second kappa shape index (κ2) is 11.9. The summed E-state index contributed by atoms with van der Waals surface area (Å²) >= 11 is 6.26. The Labute approximate surface area is 207 Å². The predicted molar refractivity (Wildman–Crippen MR) is 135 cm³/mol. The van der Waals surface area contributed by atoms with Crippen molar-refractivity contribution in [1.82, 2.24) is 15.1 Å². The molecule has 8 nitrogen and oxygen atoms in total. The summed E-state index contributed by atoms with van der Waals surface area (Å²) in [6.45, 7) is 7.03. The van der Waals surface area contributed by atoms with Crippen LogP contribution in [0.25, 0.3) is 0 Å². The van der Waals surface area contributed by atoms with Crippen LogP contribution in [-0.2, 0) is 14.8 Å². The molecule has 0 bridgehead atoms. The number of benzene rings is 2. The van der Waals surface area contributed by atoms with E-state index < -0.39 is 10.0 Å². The summed E-state index contributed by atoms with van der Waals surface area (Å²) in [6, 6.07) is 11.2. The lowest BCUT2D eigenvalue weighted by molar-refractivity contribution is -0.119. The van der Waals surface area contributed by atoms with Gasteiger partial charge in [-0.25, -0.2) is 8.42 Å².